The summed E-state index contributed by atoms with van der Waals surface area (Å²) < 4.78 is 51.0. The molecule has 0 fully saturated rings. The second kappa shape index (κ2) is 6.32. The van der Waals surface area contributed by atoms with Gasteiger partial charge in [-0.25, -0.2) is 22.0 Å². The average Bonchev–Trinajstić information content (AvgIpc) is 2.88. The Bertz CT molecular complexity index is 1080. The molecular formula is C19H24N2O4S2. The molecular weight excluding hydrogens is 384 g/mol. The highest BCUT2D eigenvalue weighted by molar-refractivity contribution is 7.93. The third-order valence-electron chi connectivity index (χ3n) is 4.81. The van der Waals surface area contributed by atoms with Crippen molar-refractivity contribution in [3.8, 4) is 0 Å². The van der Waals surface area contributed by atoms with Crippen LogP contribution in [-0.2, 0) is 31.9 Å². The second-order valence-corrected chi connectivity index (χ2v) is 11.3. The molecule has 1 aliphatic heterocycles. The predicted molar refractivity (Wildman–Crippen MR) is 106 cm³/mol. The van der Waals surface area contributed by atoms with E-state index in [2.05, 4.69) is 20.8 Å². The summed E-state index contributed by atoms with van der Waals surface area (Å²) in [7, 11) is -7.59. The molecule has 2 aromatic rings. The summed E-state index contributed by atoms with van der Waals surface area (Å²) >= 11 is 0. The van der Waals surface area contributed by atoms with Gasteiger partial charge < -0.3 is 0 Å². The summed E-state index contributed by atoms with van der Waals surface area (Å²) in [6, 6.07) is 10.9. The predicted octanol–water partition coefficient (Wildman–Crippen LogP) is 2.77. The summed E-state index contributed by atoms with van der Waals surface area (Å²) in [5, 5.41) is 5.19. The van der Waals surface area contributed by atoms with Gasteiger partial charge in [0, 0.05) is 6.04 Å². The number of anilines is 1. The molecule has 0 aliphatic carbocycles. The van der Waals surface area contributed by atoms with E-state index in [-0.39, 0.29) is 21.2 Å². The van der Waals surface area contributed by atoms with Crippen molar-refractivity contribution in [2.24, 2.45) is 5.14 Å². The Morgan fingerprint density at radius 3 is 2.04 bits per heavy atom. The SMILES string of the molecule is CC1Cc2cc(S(N)(=O)=O)ccc2N1S(=O)(=O)c1ccc(C(C)(C)C)cc1. The van der Waals surface area contributed by atoms with Gasteiger partial charge in [-0.3, -0.25) is 4.31 Å². The molecule has 1 atom stereocenters. The first-order chi connectivity index (χ1) is 12.3. The van der Waals surface area contributed by atoms with Crippen molar-refractivity contribution < 1.29 is 16.8 Å². The summed E-state index contributed by atoms with van der Waals surface area (Å²) in [5.41, 5.74) is 2.13. The van der Waals surface area contributed by atoms with Crippen molar-refractivity contribution in [3.05, 3.63) is 53.6 Å². The zero-order chi connectivity index (χ0) is 20.2. The van der Waals surface area contributed by atoms with Crippen molar-refractivity contribution in [1.29, 1.82) is 0 Å². The number of nitrogens with two attached hydrogens (primary N) is 1. The number of sulfonamides is 2. The molecule has 1 unspecified atom stereocenters. The third kappa shape index (κ3) is 3.61. The molecule has 1 heterocycles. The summed E-state index contributed by atoms with van der Waals surface area (Å²) in [6.45, 7) is 8.01. The highest BCUT2D eigenvalue weighted by Crippen LogP contribution is 2.38. The topological polar surface area (TPSA) is 97.5 Å². The Balaban J connectivity index is 2.04. The molecule has 0 spiro atoms. The highest BCUT2D eigenvalue weighted by Gasteiger charge is 2.36. The minimum atomic E-state index is -3.83. The van der Waals surface area contributed by atoms with Gasteiger partial charge in [0.15, 0.2) is 0 Å². The lowest BCUT2D eigenvalue weighted by atomic mass is 9.87. The smallest absolute Gasteiger partial charge is 0.263 e. The van der Waals surface area contributed by atoms with Crippen LogP contribution in [0.5, 0.6) is 0 Å². The molecule has 0 bridgehead atoms. The van der Waals surface area contributed by atoms with Crippen LogP contribution in [0.25, 0.3) is 0 Å². The molecule has 146 valence electrons. The molecule has 2 aromatic carbocycles. The van der Waals surface area contributed by atoms with E-state index in [1.54, 1.807) is 19.1 Å². The summed E-state index contributed by atoms with van der Waals surface area (Å²) in [6.07, 6.45) is 0.429. The van der Waals surface area contributed by atoms with Gasteiger partial charge in [0.05, 0.1) is 15.5 Å². The van der Waals surface area contributed by atoms with Crippen molar-refractivity contribution in [2.45, 2.75) is 55.4 Å². The summed E-state index contributed by atoms with van der Waals surface area (Å²) in [5.74, 6) is 0. The van der Waals surface area contributed by atoms with Gasteiger partial charge in [-0.2, -0.15) is 0 Å². The maximum atomic E-state index is 13.2. The van der Waals surface area contributed by atoms with E-state index in [1.165, 1.54) is 22.5 Å². The van der Waals surface area contributed by atoms with Crippen LogP contribution in [0.3, 0.4) is 0 Å². The van der Waals surface area contributed by atoms with Crippen LogP contribution in [0.15, 0.2) is 52.3 Å². The fourth-order valence-electron chi connectivity index (χ4n) is 3.36. The maximum Gasteiger partial charge on any atom is 0.264 e. The molecule has 0 aromatic heterocycles. The van der Waals surface area contributed by atoms with Gasteiger partial charge in [0.2, 0.25) is 10.0 Å². The Hall–Kier alpha value is -1.90. The molecule has 0 saturated heterocycles. The number of hydrogen-bond donors (Lipinski definition) is 1. The lowest BCUT2D eigenvalue weighted by molar-refractivity contribution is 0.580. The van der Waals surface area contributed by atoms with Crippen LogP contribution in [0.4, 0.5) is 5.69 Å². The molecule has 0 radical (unpaired) electrons. The van der Waals surface area contributed by atoms with Crippen LogP contribution < -0.4 is 9.44 Å². The monoisotopic (exact) mass is 408 g/mol. The Morgan fingerprint density at radius 2 is 1.52 bits per heavy atom. The molecule has 0 amide bonds. The van der Waals surface area contributed by atoms with E-state index in [0.717, 1.165) is 5.56 Å². The van der Waals surface area contributed by atoms with E-state index >= 15 is 0 Å². The van der Waals surface area contributed by atoms with E-state index in [0.29, 0.717) is 17.7 Å². The third-order valence-corrected chi connectivity index (χ3v) is 7.66. The molecule has 0 saturated carbocycles. The van der Waals surface area contributed by atoms with Crippen molar-refractivity contribution in [3.63, 3.8) is 0 Å². The van der Waals surface area contributed by atoms with E-state index in [9.17, 15) is 16.8 Å². The number of nitrogens with zero attached hydrogens (tertiary/aromatic N) is 1. The Morgan fingerprint density at radius 1 is 0.963 bits per heavy atom. The Labute approximate surface area is 161 Å². The maximum absolute atomic E-state index is 13.2. The first kappa shape index (κ1) is 19.9. The lowest BCUT2D eigenvalue weighted by Gasteiger charge is -2.25. The van der Waals surface area contributed by atoms with Crippen LogP contribution in [-0.4, -0.2) is 22.9 Å². The minimum Gasteiger partial charge on any atom is -0.263 e. The summed E-state index contributed by atoms with van der Waals surface area (Å²) in [4.78, 5) is 0.202. The quantitative estimate of drug-likeness (QED) is 0.844. The largest absolute Gasteiger partial charge is 0.264 e. The molecule has 3 rings (SSSR count). The number of primary sulfonamides is 1. The first-order valence-corrected chi connectivity index (χ1v) is 11.6. The minimum absolute atomic E-state index is 0.0118. The van der Waals surface area contributed by atoms with Crippen molar-refractivity contribution >= 4 is 25.7 Å². The van der Waals surface area contributed by atoms with Gasteiger partial charge in [-0.05, 0) is 60.2 Å². The van der Waals surface area contributed by atoms with Gasteiger partial charge >= 0.3 is 0 Å². The van der Waals surface area contributed by atoms with Crippen LogP contribution >= 0.6 is 0 Å². The van der Waals surface area contributed by atoms with Crippen molar-refractivity contribution in [2.75, 3.05) is 4.31 Å². The molecule has 8 heteroatoms. The number of benzene rings is 2. The zero-order valence-electron chi connectivity index (χ0n) is 15.8. The van der Waals surface area contributed by atoms with Gasteiger partial charge in [-0.1, -0.05) is 32.9 Å². The van der Waals surface area contributed by atoms with Gasteiger partial charge in [-0.15, -0.1) is 0 Å². The fourth-order valence-corrected chi connectivity index (χ4v) is 5.62. The molecule has 2 N–H and O–H groups in total. The zero-order valence-corrected chi connectivity index (χ0v) is 17.4. The first-order valence-electron chi connectivity index (χ1n) is 8.62. The van der Waals surface area contributed by atoms with E-state index < -0.39 is 20.0 Å². The van der Waals surface area contributed by atoms with E-state index in [1.807, 2.05) is 12.1 Å². The van der Waals surface area contributed by atoms with Crippen LogP contribution in [0, 0.1) is 0 Å². The number of hydrogen-bond acceptors (Lipinski definition) is 4. The fraction of sp³-hybridized carbons (Fsp3) is 0.368. The normalized spacial score (nSPS) is 17.8. The van der Waals surface area contributed by atoms with Crippen LogP contribution in [0.1, 0.15) is 38.8 Å². The van der Waals surface area contributed by atoms with Crippen LogP contribution in [0.2, 0.25) is 0 Å². The molecule has 6 nitrogen and oxygen atoms in total. The van der Waals surface area contributed by atoms with Gasteiger partial charge in [0.1, 0.15) is 0 Å². The number of fused-ring (bicyclic) bond motifs is 1. The van der Waals surface area contributed by atoms with Gasteiger partial charge in [0.25, 0.3) is 10.0 Å². The average molecular weight is 409 g/mol. The number of rotatable bonds is 3. The second-order valence-electron chi connectivity index (χ2n) is 7.96. The Kier molecular flexibility index (Phi) is 4.65. The standard InChI is InChI=1S/C19H24N2O4S2/c1-13-11-14-12-17(26(20,22)23)9-10-18(14)21(13)27(24,25)16-7-5-15(6-8-16)19(2,3)4/h5-10,12-13H,11H2,1-4H3,(H2,20,22,23). The highest BCUT2D eigenvalue weighted by atomic mass is 32.2. The van der Waals surface area contributed by atoms with Crippen molar-refractivity contribution in [1.82, 2.24) is 0 Å². The molecule has 27 heavy (non-hydrogen) atoms. The lowest BCUT2D eigenvalue weighted by Crippen LogP contribution is -2.35. The molecule has 1 aliphatic rings. The van der Waals surface area contributed by atoms with E-state index in [4.69, 9.17) is 5.14 Å².